The van der Waals surface area contributed by atoms with E-state index in [0.717, 1.165) is 17.7 Å². The molecular weight excluding hydrogens is 310 g/mol. The quantitative estimate of drug-likeness (QED) is 0.793. The smallest absolute Gasteiger partial charge is 0.307 e. The van der Waals surface area contributed by atoms with Gasteiger partial charge >= 0.3 is 5.97 Å². The zero-order chi connectivity index (χ0) is 16.1. The summed E-state index contributed by atoms with van der Waals surface area (Å²) in [5.41, 5.74) is 0.704. The molecule has 0 spiro atoms. The van der Waals surface area contributed by atoms with E-state index in [1.165, 1.54) is 0 Å². The van der Waals surface area contributed by atoms with Crippen molar-refractivity contribution in [2.75, 3.05) is 0 Å². The topological polar surface area (TPSA) is 55.4 Å². The van der Waals surface area contributed by atoms with Crippen LogP contribution in [0.4, 0.5) is 0 Å². The Balaban J connectivity index is 1.62. The first kappa shape index (κ1) is 15.7. The number of hydrogen-bond donors (Lipinski definition) is 1. The van der Waals surface area contributed by atoms with Crippen molar-refractivity contribution in [2.24, 2.45) is 0 Å². The number of hydrogen-bond acceptors (Lipinski definition) is 4. The minimum absolute atomic E-state index is 0.233. The van der Waals surface area contributed by atoms with Crippen molar-refractivity contribution >= 4 is 23.2 Å². The molecule has 0 saturated heterocycles. The minimum Gasteiger partial charge on any atom is -0.447 e. The Kier molecular flexibility index (Phi) is 5.08. The van der Waals surface area contributed by atoms with Gasteiger partial charge in [-0.25, -0.2) is 0 Å². The van der Waals surface area contributed by atoms with Crippen LogP contribution < -0.4 is 5.32 Å². The molecule has 1 atom stereocenters. The molecule has 1 heterocycles. The summed E-state index contributed by atoms with van der Waals surface area (Å²) in [6, 6.07) is 13.4. The second kappa shape index (κ2) is 7.42. The molecule has 0 unspecified atom stereocenters. The molecule has 1 aromatic carbocycles. The first-order chi connectivity index (χ1) is 11.2. The summed E-state index contributed by atoms with van der Waals surface area (Å²) >= 11 is 1.62. The second-order valence-corrected chi connectivity index (χ2v) is 6.68. The summed E-state index contributed by atoms with van der Waals surface area (Å²) in [6.07, 6.45) is 2.05. The maximum absolute atomic E-state index is 12.4. The van der Waals surface area contributed by atoms with Crippen LogP contribution in [0.1, 0.15) is 35.8 Å². The van der Waals surface area contributed by atoms with Crippen molar-refractivity contribution in [1.82, 2.24) is 5.32 Å². The van der Waals surface area contributed by atoms with Crippen LogP contribution in [-0.2, 0) is 20.7 Å². The fourth-order valence-corrected chi connectivity index (χ4v) is 2.98. The van der Waals surface area contributed by atoms with Crippen molar-refractivity contribution in [1.29, 1.82) is 0 Å². The van der Waals surface area contributed by atoms with Gasteiger partial charge in [-0.3, -0.25) is 9.59 Å². The lowest BCUT2D eigenvalue weighted by Gasteiger charge is -2.18. The van der Waals surface area contributed by atoms with Crippen LogP contribution in [0.2, 0.25) is 0 Å². The Morgan fingerprint density at radius 1 is 1.17 bits per heavy atom. The van der Waals surface area contributed by atoms with Crippen molar-refractivity contribution in [3.8, 4) is 0 Å². The van der Waals surface area contributed by atoms with Gasteiger partial charge in [0, 0.05) is 16.5 Å². The molecule has 1 fully saturated rings. The van der Waals surface area contributed by atoms with E-state index in [1.807, 2.05) is 47.8 Å². The van der Waals surface area contributed by atoms with Crippen LogP contribution in [0.15, 0.2) is 47.8 Å². The number of amides is 1. The molecule has 1 saturated carbocycles. The summed E-state index contributed by atoms with van der Waals surface area (Å²) in [6.45, 7) is 0. The van der Waals surface area contributed by atoms with E-state index in [9.17, 15) is 9.59 Å². The number of thiophene rings is 1. The highest BCUT2D eigenvalue weighted by atomic mass is 32.1. The Labute approximate surface area is 139 Å². The average molecular weight is 329 g/mol. The van der Waals surface area contributed by atoms with E-state index in [2.05, 4.69) is 5.32 Å². The maximum Gasteiger partial charge on any atom is 0.307 e. The summed E-state index contributed by atoms with van der Waals surface area (Å²) in [7, 11) is 0. The Morgan fingerprint density at radius 2 is 1.96 bits per heavy atom. The molecule has 1 amide bonds. The van der Waals surface area contributed by atoms with E-state index in [4.69, 9.17) is 4.74 Å². The molecule has 2 aromatic rings. The van der Waals surface area contributed by atoms with E-state index in [1.54, 1.807) is 11.3 Å². The molecule has 120 valence electrons. The van der Waals surface area contributed by atoms with Gasteiger partial charge in [0.2, 0.25) is 6.10 Å². The van der Waals surface area contributed by atoms with Gasteiger partial charge in [0.1, 0.15) is 0 Å². The van der Waals surface area contributed by atoms with Crippen LogP contribution in [-0.4, -0.2) is 17.9 Å². The summed E-state index contributed by atoms with van der Waals surface area (Å²) < 4.78 is 5.48. The van der Waals surface area contributed by atoms with Gasteiger partial charge in [0.25, 0.3) is 5.91 Å². The first-order valence-corrected chi connectivity index (χ1v) is 8.67. The normalized spacial score (nSPS) is 15.0. The van der Waals surface area contributed by atoms with Crippen LogP contribution in [0, 0.1) is 0 Å². The van der Waals surface area contributed by atoms with Crippen molar-refractivity contribution in [3.05, 3.63) is 58.3 Å². The minimum atomic E-state index is -0.868. The monoisotopic (exact) mass is 329 g/mol. The van der Waals surface area contributed by atoms with Crippen LogP contribution in [0.5, 0.6) is 0 Å². The molecule has 0 aliphatic heterocycles. The van der Waals surface area contributed by atoms with Gasteiger partial charge in [-0.05, 0) is 30.7 Å². The van der Waals surface area contributed by atoms with Crippen molar-refractivity contribution in [2.45, 2.75) is 37.8 Å². The Hall–Kier alpha value is -2.14. The first-order valence-electron chi connectivity index (χ1n) is 7.79. The van der Waals surface area contributed by atoms with Gasteiger partial charge in [-0.15, -0.1) is 11.3 Å². The number of benzene rings is 1. The fourth-order valence-electron chi connectivity index (χ4n) is 2.28. The molecule has 1 N–H and O–H groups in total. The molecule has 4 nitrogen and oxygen atoms in total. The lowest BCUT2D eigenvalue weighted by atomic mass is 10.1. The predicted octanol–water partition coefficient (Wildman–Crippen LogP) is 3.24. The Bertz CT molecular complexity index is 650. The van der Waals surface area contributed by atoms with E-state index < -0.39 is 6.10 Å². The van der Waals surface area contributed by atoms with Crippen LogP contribution >= 0.6 is 11.3 Å². The van der Waals surface area contributed by atoms with Gasteiger partial charge in [-0.2, -0.15) is 0 Å². The lowest BCUT2D eigenvalue weighted by Crippen LogP contribution is -2.33. The highest BCUT2D eigenvalue weighted by Gasteiger charge is 2.30. The highest BCUT2D eigenvalue weighted by Crippen LogP contribution is 2.23. The third kappa shape index (κ3) is 4.66. The van der Waals surface area contributed by atoms with Crippen molar-refractivity contribution in [3.63, 3.8) is 0 Å². The largest absolute Gasteiger partial charge is 0.447 e. The molecule has 1 aromatic heterocycles. The molecule has 1 aliphatic carbocycles. The van der Waals surface area contributed by atoms with Gasteiger partial charge < -0.3 is 10.1 Å². The number of esters is 1. The summed E-state index contributed by atoms with van der Waals surface area (Å²) in [5, 5.41) is 4.90. The van der Waals surface area contributed by atoms with Crippen molar-refractivity contribution < 1.29 is 14.3 Å². The van der Waals surface area contributed by atoms with E-state index >= 15 is 0 Å². The highest BCUT2D eigenvalue weighted by molar-refractivity contribution is 7.09. The molecule has 0 radical (unpaired) electrons. The number of nitrogens with one attached hydrogen (secondary N) is 1. The molecule has 1 aliphatic rings. The third-order valence-corrected chi connectivity index (χ3v) is 4.61. The zero-order valence-corrected chi connectivity index (χ0v) is 13.6. The number of ether oxygens (including phenoxy) is 1. The number of carbonyl (C=O) groups is 2. The second-order valence-electron chi connectivity index (χ2n) is 5.64. The third-order valence-electron chi connectivity index (χ3n) is 3.67. The number of rotatable bonds is 7. The number of carbonyl (C=O) groups excluding carboxylic acids is 2. The zero-order valence-electron chi connectivity index (χ0n) is 12.7. The van der Waals surface area contributed by atoms with Gasteiger partial charge in [0.05, 0.1) is 6.42 Å². The Morgan fingerprint density at radius 3 is 2.61 bits per heavy atom. The van der Waals surface area contributed by atoms with E-state index in [-0.39, 0.29) is 24.3 Å². The summed E-state index contributed by atoms with van der Waals surface area (Å²) in [5.74, 6) is -0.582. The predicted molar refractivity (Wildman–Crippen MR) is 89.1 cm³/mol. The average Bonchev–Trinajstić information content (AvgIpc) is 3.22. The van der Waals surface area contributed by atoms with Crippen LogP contribution in [0.3, 0.4) is 0 Å². The van der Waals surface area contributed by atoms with Crippen LogP contribution in [0.25, 0.3) is 0 Å². The number of aryl methyl sites for hydroxylation is 1. The molecule has 0 bridgehead atoms. The summed E-state index contributed by atoms with van der Waals surface area (Å²) in [4.78, 5) is 25.6. The molecule has 3 rings (SSSR count). The SMILES string of the molecule is O=C(CCc1cccs1)O[C@@H](C(=O)NC1CC1)c1ccccc1. The molecular formula is C18H19NO3S. The standard InChI is InChI=1S/C18H19NO3S/c20-16(11-10-15-7-4-12-23-15)22-17(13-5-2-1-3-6-13)18(21)19-14-8-9-14/h1-7,12,14,17H,8-11H2,(H,19,21)/t17-/m1/s1. The maximum atomic E-state index is 12.4. The fraction of sp³-hybridized carbons (Fsp3) is 0.333. The van der Waals surface area contributed by atoms with Gasteiger partial charge in [-0.1, -0.05) is 36.4 Å². The van der Waals surface area contributed by atoms with E-state index in [0.29, 0.717) is 12.0 Å². The molecule has 5 heteroatoms. The molecule has 23 heavy (non-hydrogen) atoms. The van der Waals surface area contributed by atoms with Gasteiger partial charge in [0.15, 0.2) is 0 Å². The lowest BCUT2D eigenvalue weighted by molar-refractivity contribution is -0.156.